The van der Waals surface area contributed by atoms with Crippen LogP contribution in [0.4, 0.5) is 11.4 Å². The average molecular weight is 926 g/mol. The molecule has 12 rings (SSSR count). The average Bonchev–Trinajstić information content (AvgIpc) is 4.24. The minimum absolute atomic E-state index is 0.632. The van der Waals surface area contributed by atoms with Crippen LogP contribution >= 0.6 is 11.8 Å². The van der Waals surface area contributed by atoms with Crippen LogP contribution in [0, 0.1) is 20.8 Å². The van der Waals surface area contributed by atoms with Gasteiger partial charge in [0.2, 0.25) is 0 Å². The lowest BCUT2D eigenvalue weighted by molar-refractivity contribution is 0.308. The van der Waals surface area contributed by atoms with Crippen molar-refractivity contribution in [2.75, 3.05) is 18.1 Å². The van der Waals surface area contributed by atoms with Gasteiger partial charge in [0, 0.05) is 60.7 Å². The van der Waals surface area contributed by atoms with Crippen molar-refractivity contribution in [2.24, 2.45) is 0 Å². The molecule has 3 aliphatic rings. The highest BCUT2D eigenvalue weighted by molar-refractivity contribution is 7.99. The lowest BCUT2D eigenvalue weighted by Crippen LogP contribution is -2.22. The van der Waals surface area contributed by atoms with Crippen molar-refractivity contribution in [3.63, 3.8) is 0 Å². The zero-order chi connectivity index (χ0) is 47.1. The van der Waals surface area contributed by atoms with Crippen LogP contribution in [0.1, 0.15) is 52.3 Å². The van der Waals surface area contributed by atoms with E-state index in [-0.39, 0.29) is 0 Å². The third-order valence-corrected chi connectivity index (χ3v) is 14.6. The highest BCUT2D eigenvalue weighted by atomic mass is 32.2. The van der Waals surface area contributed by atoms with Gasteiger partial charge in [0.25, 0.3) is 0 Å². The van der Waals surface area contributed by atoms with E-state index in [4.69, 9.17) is 14.7 Å². The number of hydrogen-bond donors (Lipinski definition) is 2. The number of unbranched alkanes of at least 4 members (excludes halogenated alkanes) is 1. The number of fused-ring (bicyclic) bond motifs is 10. The molecule has 0 fully saturated rings. The molecule has 6 nitrogen and oxygen atoms in total. The summed E-state index contributed by atoms with van der Waals surface area (Å²) >= 11 is 1.85. The highest BCUT2D eigenvalue weighted by Gasteiger charge is 2.23. The van der Waals surface area contributed by atoms with E-state index in [1.54, 1.807) is 0 Å². The fourth-order valence-corrected chi connectivity index (χ4v) is 11.0. The second-order valence-electron chi connectivity index (χ2n) is 18.4. The molecule has 0 spiro atoms. The normalized spacial score (nSPS) is 12.5. The molecule has 2 N–H and O–H groups in total. The van der Waals surface area contributed by atoms with Gasteiger partial charge in [-0.25, -0.2) is 9.97 Å². The Morgan fingerprint density at radius 2 is 0.771 bits per heavy atom. The summed E-state index contributed by atoms with van der Waals surface area (Å²) in [5.41, 5.74) is 22.0. The zero-order valence-electron chi connectivity index (χ0n) is 39.5. The van der Waals surface area contributed by atoms with E-state index < -0.39 is 0 Å². The summed E-state index contributed by atoms with van der Waals surface area (Å²) in [6.07, 6.45) is 10.6. The van der Waals surface area contributed by atoms with Gasteiger partial charge in [-0.05, 0) is 141 Å². The van der Waals surface area contributed by atoms with Gasteiger partial charge in [0.05, 0.1) is 40.8 Å². The maximum absolute atomic E-state index is 6.43. The summed E-state index contributed by atoms with van der Waals surface area (Å²) in [4.78, 5) is 23.8. The molecule has 0 aliphatic carbocycles. The number of rotatable bonds is 10. The molecule has 0 saturated heterocycles. The van der Waals surface area contributed by atoms with Crippen molar-refractivity contribution in [3.05, 3.63) is 209 Å². The molecular weight excluding hydrogens is 875 g/mol. The van der Waals surface area contributed by atoms with E-state index in [1.165, 1.54) is 37.9 Å². The summed E-state index contributed by atoms with van der Waals surface area (Å²) in [6, 6.07) is 60.9. The van der Waals surface area contributed by atoms with Crippen molar-refractivity contribution >= 4 is 69.5 Å². The first kappa shape index (κ1) is 43.2. The van der Waals surface area contributed by atoms with Gasteiger partial charge >= 0.3 is 0 Å². The van der Waals surface area contributed by atoms with Crippen LogP contribution in [-0.2, 0) is 0 Å². The van der Waals surface area contributed by atoms with Gasteiger partial charge in [-0.3, -0.25) is 0 Å². The third-order valence-electron chi connectivity index (χ3n) is 13.5. The van der Waals surface area contributed by atoms with Gasteiger partial charge in [-0.2, -0.15) is 0 Å². The maximum atomic E-state index is 6.43. The van der Waals surface area contributed by atoms with Crippen molar-refractivity contribution < 1.29 is 4.74 Å². The van der Waals surface area contributed by atoms with Crippen LogP contribution in [-0.4, -0.2) is 33.1 Å². The molecule has 0 saturated carbocycles. The number of aromatic amines is 2. The van der Waals surface area contributed by atoms with Gasteiger partial charge in [-0.15, -0.1) is 0 Å². The number of nitrogens with zero attached hydrogens (tertiary/aromatic N) is 3. The van der Waals surface area contributed by atoms with Crippen LogP contribution in [0.3, 0.4) is 0 Å². The molecular formula is C63H51N5OS. The van der Waals surface area contributed by atoms with Crippen LogP contribution < -0.4 is 9.64 Å². The summed E-state index contributed by atoms with van der Waals surface area (Å²) < 4.78 is 6.43. The minimum Gasteiger partial charge on any atom is -0.494 e. The molecule has 3 aliphatic heterocycles. The molecule has 3 aromatic heterocycles. The molecule has 9 aromatic rings. The zero-order valence-corrected chi connectivity index (χ0v) is 40.3. The quantitative estimate of drug-likeness (QED) is 0.134. The number of benzene rings is 6. The smallest absolute Gasteiger partial charge is 0.119 e. The van der Waals surface area contributed by atoms with E-state index in [9.17, 15) is 0 Å². The standard InChI is InChI=1S/C63H51N5OS/c1-40-14-20-43(21-15-40)60-48-30-32-50(64-48)61(44-22-16-41(2)17-23-44)52-34-36-54(66-52)63(55-37-35-53(67-55)62(51-33-31-49(60)65-51)45-24-18-42(3)19-25-45)46-26-28-47(29-27-46)69-39-9-8-38-68-56-10-4-6-12-58(56)70-59-13-7-5-11-57(59)68/h4-7,10-37,64,67H,8-9,38-39H2,1-3H3. The van der Waals surface area contributed by atoms with Gasteiger partial charge in [-0.1, -0.05) is 138 Å². The molecule has 6 aromatic carbocycles. The number of aryl methyl sites for hydroxylation is 3. The molecule has 70 heavy (non-hydrogen) atoms. The number of para-hydroxylation sites is 2. The Balaban J connectivity index is 0.960. The SMILES string of the molecule is Cc1ccc(-c2c3nc(c(-c4ccc(C)cc4)c4ccc([nH]4)c(-c4ccc(OCCCCN5c6ccccc6Sc6ccccc65)cc4)c4nc(c(-c5ccc(C)cc5)c5ccc2[nH]5)C=C4)C=C3)cc1. The Labute approximate surface area is 413 Å². The van der Waals surface area contributed by atoms with Crippen molar-refractivity contribution in [1.82, 2.24) is 19.9 Å². The van der Waals surface area contributed by atoms with Gasteiger partial charge < -0.3 is 19.6 Å². The first-order chi connectivity index (χ1) is 34.4. The largest absolute Gasteiger partial charge is 0.494 e. The van der Waals surface area contributed by atoms with E-state index in [0.29, 0.717) is 6.61 Å². The predicted octanol–water partition coefficient (Wildman–Crippen LogP) is 16.7. The first-order valence-corrected chi connectivity index (χ1v) is 25.0. The maximum Gasteiger partial charge on any atom is 0.119 e. The van der Waals surface area contributed by atoms with E-state index in [2.05, 4.69) is 230 Å². The van der Waals surface area contributed by atoms with Crippen molar-refractivity contribution in [3.8, 4) is 50.3 Å². The third kappa shape index (κ3) is 8.33. The number of aromatic nitrogens is 4. The number of H-pyrrole nitrogens is 2. The Kier molecular flexibility index (Phi) is 11.4. The summed E-state index contributed by atoms with van der Waals surface area (Å²) in [5, 5.41) is 0. The number of nitrogens with one attached hydrogen (secondary N) is 2. The van der Waals surface area contributed by atoms with E-state index >= 15 is 0 Å². The van der Waals surface area contributed by atoms with Crippen molar-refractivity contribution in [1.29, 1.82) is 0 Å². The van der Waals surface area contributed by atoms with Gasteiger partial charge in [0.1, 0.15) is 5.75 Å². The number of anilines is 2. The lowest BCUT2D eigenvalue weighted by atomic mass is 10.0. The Hall–Kier alpha value is -8.13. The number of ether oxygens (including phenoxy) is 1. The molecule has 7 heteroatoms. The van der Waals surface area contributed by atoms with E-state index in [1.807, 2.05) is 11.8 Å². The lowest BCUT2D eigenvalue weighted by Gasteiger charge is -2.32. The van der Waals surface area contributed by atoms with Crippen LogP contribution in [0.25, 0.3) is 90.9 Å². The molecule has 0 atom stereocenters. The number of hydrogen-bond acceptors (Lipinski definition) is 5. The molecule has 8 bridgehead atoms. The first-order valence-electron chi connectivity index (χ1n) is 24.1. The Morgan fingerprint density at radius 1 is 0.414 bits per heavy atom. The Morgan fingerprint density at radius 3 is 1.16 bits per heavy atom. The van der Waals surface area contributed by atoms with Crippen LogP contribution in [0.2, 0.25) is 0 Å². The Bertz CT molecular complexity index is 3590. The summed E-state index contributed by atoms with van der Waals surface area (Å²) in [7, 11) is 0. The van der Waals surface area contributed by atoms with Gasteiger partial charge in [0.15, 0.2) is 0 Å². The second kappa shape index (κ2) is 18.4. The fraction of sp³-hybridized carbons (Fsp3) is 0.111. The molecule has 0 unspecified atom stereocenters. The highest BCUT2D eigenvalue weighted by Crippen LogP contribution is 2.48. The molecule has 6 heterocycles. The predicted molar refractivity (Wildman–Crippen MR) is 294 cm³/mol. The van der Waals surface area contributed by atoms with E-state index in [0.717, 1.165) is 114 Å². The molecule has 340 valence electrons. The molecule has 0 radical (unpaired) electrons. The second-order valence-corrected chi connectivity index (χ2v) is 19.5. The minimum atomic E-state index is 0.632. The fourth-order valence-electron chi connectivity index (χ4n) is 9.88. The van der Waals surface area contributed by atoms with Crippen LogP contribution in [0.5, 0.6) is 5.75 Å². The van der Waals surface area contributed by atoms with Crippen LogP contribution in [0.15, 0.2) is 180 Å². The topological polar surface area (TPSA) is 69.8 Å². The summed E-state index contributed by atoms with van der Waals surface area (Å²) in [6.45, 7) is 7.94. The molecule has 0 amide bonds. The van der Waals surface area contributed by atoms with Crippen molar-refractivity contribution in [2.45, 2.75) is 43.4 Å². The monoisotopic (exact) mass is 925 g/mol. The summed E-state index contributed by atoms with van der Waals surface area (Å²) in [5.74, 6) is 0.846.